The zero-order valence-electron chi connectivity index (χ0n) is 9.77. The average Bonchev–Trinajstić information content (AvgIpc) is 2.84. The third-order valence-corrected chi connectivity index (χ3v) is 3.49. The minimum absolute atomic E-state index is 0.897. The summed E-state index contributed by atoms with van der Waals surface area (Å²) in [6.07, 6.45) is 8.19. The number of nitrogens with one attached hydrogen (secondary N) is 2. The average molecular weight is 207 g/mol. The van der Waals surface area contributed by atoms with E-state index in [9.17, 15) is 0 Å². The summed E-state index contributed by atoms with van der Waals surface area (Å²) in [6, 6.07) is 0. The van der Waals surface area contributed by atoms with Crippen molar-refractivity contribution < 1.29 is 0 Å². The number of imidazole rings is 1. The lowest BCUT2D eigenvalue weighted by Crippen LogP contribution is -1.98. The first kappa shape index (κ1) is 10.5. The van der Waals surface area contributed by atoms with E-state index in [1.807, 2.05) is 7.05 Å². The molecule has 1 aromatic heterocycles. The van der Waals surface area contributed by atoms with Crippen molar-refractivity contribution in [3.8, 4) is 0 Å². The molecule has 84 valence electrons. The minimum atomic E-state index is 0.897. The van der Waals surface area contributed by atoms with Crippen LogP contribution < -0.4 is 5.32 Å². The number of aromatic nitrogens is 2. The Morgan fingerprint density at radius 2 is 2.13 bits per heavy atom. The van der Waals surface area contributed by atoms with Gasteiger partial charge in [0.25, 0.3) is 0 Å². The Morgan fingerprint density at radius 3 is 2.73 bits per heavy atom. The van der Waals surface area contributed by atoms with Crippen LogP contribution in [0.25, 0.3) is 0 Å². The van der Waals surface area contributed by atoms with Gasteiger partial charge in [-0.05, 0) is 25.7 Å². The molecule has 3 heteroatoms. The molecule has 1 aliphatic rings. The molecular formula is C12H21N3. The van der Waals surface area contributed by atoms with Gasteiger partial charge in [-0.1, -0.05) is 25.7 Å². The number of hydrogen-bond donors (Lipinski definition) is 2. The van der Waals surface area contributed by atoms with Crippen LogP contribution >= 0.6 is 0 Å². The van der Waals surface area contributed by atoms with Crippen LogP contribution in [0, 0.1) is 12.8 Å². The van der Waals surface area contributed by atoms with Crippen molar-refractivity contribution in [2.45, 2.75) is 45.4 Å². The SMILES string of the molecule is CNc1nc(CCC2CCCC2)c(C)[nH]1. The number of hydrogen-bond acceptors (Lipinski definition) is 2. The van der Waals surface area contributed by atoms with Crippen molar-refractivity contribution in [3.05, 3.63) is 11.4 Å². The Labute approximate surface area is 91.7 Å². The molecule has 1 heterocycles. The number of aryl methyl sites for hydroxylation is 2. The molecule has 0 aliphatic heterocycles. The van der Waals surface area contributed by atoms with Gasteiger partial charge >= 0.3 is 0 Å². The molecule has 3 nitrogen and oxygen atoms in total. The van der Waals surface area contributed by atoms with Gasteiger partial charge in [0.05, 0.1) is 5.69 Å². The van der Waals surface area contributed by atoms with Gasteiger partial charge in [-0.25, -0.2) is 4.98 Å². The van der Waals surface area contributed by atoms with Crippen molar-refractivity contribution in [1.82, 2.24) is 9.97 Å². The summed E-state index contributed by atoms with van der Waals surface area (Å²) < 4.78 is 0. The molecule has 0 bridgehead atoms. The normalized spacial score (nSPS) is 17.2. The second kappa shape index (κ2) is 4.69. The van der Waals surface area contributed by atoms with Gasteiger partial charge in [0.2, 0.25) is 0 Å². The first-order valence-electron chi connectivity index (χ1n) is 6.03. The van der Waals surface area contributed by atoms with Crippen LogP contribution in [0.2, 0.25) is 0 Å². The van der Waals surface area contributed by atoms with Crippen molar-refractivity contribution in [3.63, 3.8) is 0 Å². The van der Waals surface area contributed by atoms with Gasteiger partial charge in [-0.15, -0.1) is 0 Å². The van der Waals surface area contributed by atoms with E-state index in [1.165, 1.54) is 43.5 Å². The molecule has 0 spiro atoms. The van der Waals surface area contributed by atoms with E-state index < -0.39 is 0 Å². The maximum atomic E-state index is 4.52. The predicted octanol–water partition coefficient (Wildman–Crippen LogP) is 2.88. The fraction of sp³-hybridized carbons (Fsp3) is 0.750. The van der Waals surface area contributed by atoms with Crippen LogP contribution in [-0.4, -0.2) is 17.0 Å². The highest BCUT2D eigenvalue weighted by molar-refractivity contribution is 5.29. The summed E-state index contributed by atoms with van der Waals surface area (Å²) in [4.78, 5) is 7.77. The van der Waals surface area contributed by atoms with Crippen molar-refractivity contribution in [1.29, 1.82) is 0 Å². The lowest BCUT2D eigenvalue weighted by Gasteiger charge is -2.06. The zero-order valence-corrected chi connectivity index (χ0v) is 9.77. The van der Waals surface area contributed by atoms with Gasteiger partial charge in [0.15, 0.2) is 5.95 Å². The molecule has 1 saturated carbocycles. The molecule has 0 aromatic carbocycles. The lowest BCUT2D eigenvalue weighted by atomic mass is 10.0. The Bertz CT molecular complexity index is 311. The van der Waals surface area contributed by atoms with Crippen LogP contribution in [0.1, 0.15) is 43.5 Å². The van der Waals surface area contributed by atoms with E-state index in [0.29, 0.717) is 0 Å². The molecular weight excluding hydrogens is 186 g/mol. The fourth-order valence-corrected chi connectivity index (χ4v) is 2.50. The fourth-order valence-electron chi connectivity index (χ4n) is 2.50. The van der Waals surface area contributed by atoms with E-state index in [-0.39, 0.29) is 0 Å². The summed E-state index contributed by atoms with van der Waals surface area (Å²) in [6.45, 7) is 2.11. The molecule has 0 saturated heterocycles. The molecule has 0 radical (unpaired) electrons. The molecule has 1 aromatic rings. The standard InChI is InChI=1S/C12H21N3/c1-9-11(15-12(13-2)14-9)8-7-10-5-3-4-6-10/h10H,3-8H2,1-2H3,(H2,13,14,15). The number of H-pyrrole nitrogens is 1. The Hall–Kier alpha value is -0.990. The third-order valence-electron chi connectivity index (χ3n) is 3.49. The summed E-state index contributed by atoms with van der Waals surface area (Å²) in [5.41, 5.74) is 2.46. The predicted molar refractivity (Wildman–Crippen MR) is 63.2 cm³/mol. The van der Waals surface area contributed by atoms with Crippen LogP contribution in [0.4, 0.5) is 5.95 Å². The maximum Gasteiger partial charge on any atom is 0.200 e. The first-order chi connectivity index (χ1) is 7.29. The summed E-state index contributed by atoms with van der Waals surface area (Å²) in [5, 5.41) is 3.05. The molecule has 2 rings (SSSR count). The van der Waals surface area contributed by atoms with Gasteiger partial charge in [0, 0.05) is 12.7 Å². The quantitative estimate of drug-likeness (QED) is 0.797. The second-order valence-corrected chi connectivity index (χ2v) is 4.60. The highest BCUT2D eigenvalue weighted by atomic mass is 15.1. The Balaban J connectivity index is 1.89. The van der Waals surface area contributed by atoms with Gasteiger partial charge in [-0.2, -0.15) is 0 Å². The number of nitrogens with zero attached hydrogens (tertiary/aromatic N) is 1. The largest absolute Gasteiger partial charge is 0.359 e. The van der Waals surface area contributed by atoms with Crippen LogP contribution in [0.3, 0.4) is 0 Å². The van der Waals surface area contributed by atoms with Gasteiger partial charge < -0.3 is 10.3 Å². The number of anilines is 1. The van der Waals surface area contributed by atoms with Crippen molar-refractivity contribution in [2.75, 3.05) is 12.4 Å². The van der Waals surface area contributed by atoms with Crippen molar-refractivity contribution >= 4 is 5.95 Å². The molecule has 0 unspecified atom stereocenters. The van der Waals surface area contributed by atoms with Crippen molar-refractivity contribution in [2.24, 2.45) is 5.92 Å². The van der Waals surface area contributed by atoms with E-state index in [2.05, 4.69) is 22.2 Å². The topological polar surface area (TPSA) is 40.7 Å². The first-order valence-corrected chi connectivity index (χ1v) is 6.03. The van der Waals surface area contributed by atoms with E-state index in [4.69, 9.17) is 0 Å². The highest BCUT2D eigenvalue weighted by Gasteiger charge is 2.16. The molecule has 0 atom stereocenters. The second-order valence-electron chi connectivity index (χ2n) is 4.60. The Morgan fingerprint density at radius 1 is 1.40 bits per heavy atom. The maximum absolute atomic E-state index is 4.52. The van der Waals surface area contributed by atoms with Crippen LogP contribution in [-0.2, 0) is 6.42 Å². The van der Waals surface area contributed by atoms with Gasteiger partial charge in [0.1, 0.15) is 0 Å². The van der Waals surface area contributed by atoms with Gasteiger partial charge in [-0.3, -0.25) is 0 Å². The smallest absolute Gasteiger partial charge is 0.200 e. The summed E-state index contributed by atoms with van der Waals surface area (Å²) >= 11 is 0. The summed E-state index contributed by atoms with van der Waals surface area (Å²) in [5.74, 6) is 1.85. The van der Waals surface area contributed by atoms with E-state index in [0.717, 1.165) is 18.3 Å². The number of aromatic amines is 1. The third kappa shape index (κ3) is 2.52. The van der Waals surface area contributed by atoms with Crippen LogP contribution in [0.15, 0.2) is 0 Å². The lowest BCUT2D eigenvalue weighted by molar-refractivity contribution is 0.500. The van der Waals surface area contributed by atoms with Crippen LogP contribution in [0.5, 0.6) is 0 Å². The molecule has 1 aliphatic carbocycles. The molecule has 2 N–H and O–H groups in total. The summed E-state index contributed by atoms with van der Waals surface area (Å²) in [7, 11) is 1.90. The monoisotopic (exact) mass is 207 g/mol. The van der Waals surface area contributed by atoms with E-state index in [1.54, 1.807) is 0 Å². The molecule has 0 amide bonds. The molecule has 1 fully saturated rings. The Kier molecular flexibility index (Phi) is 3.29. The highest BCUT2D eigenvalue weighted by Crippen LogP contribution is 2.28. The molecule has 15 heavy (non-hydrogen) atoms. The number of rotatable bonds is 4. The minimum Gasteiger partial charge on any atom is -0.359 e. The van der Waals surface area contributed by atoms with E-state index >= 15 is 0 Å². The zero-order chi connectivity index (χ0) is 10.7.